The highest BCUT2D eigenvalue weighted by Crippen LogP contribution is 2.25. The minimum Gasteiger partial charge on any atom is -0.392 e. The van der Waals surface area contributed by atoms with Crippen LogP contribution in [0.1, 0.15) is 18.4 Å². The molecule has 0 amide bonds. The van der Waals surface area contributed by atoms with Gasteiger partial charge in [-0.25, -0.2) is 4.39 Å². The molecular weight excluding hydrogens is 233 g/mol. The van der Waals surface area contributed by atoms with E-state index in [1.165, 1.54) is 6.07 Å². The molecule has 4 heteroatoms. The Balaban J connectivity index is 2.09. The first-order chi connectivity index (χ1) is 8.72. The zero-order valence-electron chi connectivity index (χ0n) is 10.7. The predicted octanol–water partition coefficient (Wildman–Crippen LogP) is 2.18. The lowest BCUT2D eigenvalue weighted by Gasteiger charge is -2.29. The van der Waals surface area contributed by atoms with E-state index in [1.807, 2.05) is 11.9 Å². The number of para-hydroxylation sites is 1. The van der Waals surface area contributed by atoms with Crippen molar-refractivity contribution in [3.8, 4) is 0 Å². The summed E-state index contributed by atoms with van der Waals surface area (Å²) in [6, 6.07) is 4.82. The van der Waals surface area contributed by atoms with Crippen molar-refractivity contribution in [3.63, 3.8) is 0 Å². The lowest BCUT2D eigenvalue weighted by atomic mass is 10.0. The molecule has 1 aromatic carbocycles. The number of aliphatic hydroxyl groups excluding tert-OH is 1. The van der Waals surface area contributed by atoms with Crippen molar-refractivity contribution in [2.45, 2.75) is 19.4 Å². The third-order valence-electron chi connectivity index (χ3n) is 3.41. The summed E-state index contributed by atoms with van der Waals surface area (Å²) in [6.45, 7) is 2.20. The molecule has 1 unspecified atom stereocenters. The molecule has 3 nitrogen and oxygen atoms in total. The first-order valence-corrected chi connectivity index (χ1v) is 6.39. The highest BCUT2D eigenvalue weighted by Gasteiger charge is 2.19. The Morgan fingerprint density at radius 1 is 1.50 bits per heavy atom. The van der Waals surface area contributed by atoms with E-state index >= 15 is 0 Å². The Labute approximate surface area is 107 Å². The number of rotatable bonds is 4. The van der Waals surface area contributed by atoms with Crippen LogP contribution in [0.25, 0.3) is 0 Å². The molecule has 0 bridgehead atoms. The number of ether oxygens (including phenoxy) is 1. The quantitative estimate of drug-likeness (QED) is 0.892. The average molecular weight is 253 g/mol. The summed E-state index contributed by atoms with van der Waals surface area (Å²) in [5.41, 5.74) is 1.14. The predicted molar refractivity (Wildman–Crippen MR) is 69.1 cm³/mol. The first kappa shape index (κ1) is 13.3. The molecule has 1 N–H and O–H groups in total. The fourth-order valence-electron chi connectivity index (χ4n) is 2.55. The zero-order valence-corrected chi connectivity index (χ0v) is 10.7. The fourth-order valence-corrected chi connectivity index (χ4v) is 2.55. The third kappa shape index (κ3) is 3.00. The van der Waals surface area contributed by atoms with Gasteiger partial charge in [-0.2, -0.15) is 0 Å². The molecule has 1 aliphatic heterocycles. The SMILES string of the molecule is CN(CC1CCCOC1)c1c(F)cccc1CO. The van der Waals surface area contributed by atoms with Crippen molar-refractivity contribution in [3.05, 3.63) is 29.6 Å². The Morgan fingerprint density at radius 2 is 2.33 bits per heavy atom. The number of aliphatic hydroxyl groups is 1. The van der Waals surface area contributed by atoms with Gasteiger partial charge >= 0.3 is 0 Å². The molecule has 1 fully saturated rings. The topological polar surface area (TPSA) is 32.7 Å². The Morgan fingerprint density at radius 3 is 3.00 bits per heavy atom. The maximum absolute atomic E-state index is 13.9. The van der Waals surface area contributed by atoms with E-state index in [0.29, 0.717) is 17.2 Å². The van der Waals surface area contributed by atoms with Crippen LogP contribution in [0.4, 0.5) is 10.1 Å². The highest BCUT2D eigenvalue weighted by atomic mass is 19.1. The first-order valence-electron chi connectivity index (χ1n) is 6.39. The molecule has 1 aliphatic rings. The van der Waals surface area contributed by atoms with Crippen LogP contribution in [0.3, 0.4) is 0 Å². The van der Waals surface area contributed by atoms with Gasteiger partial charge in [-0.05, 0) is 24.8 Å². The molecule has 2 rings (SSSR count). The number of hydrogen-bond acceptors (Lipinski definition) is 3. The van der Waals surface area contributed by atoms with E-state index in [2.05, 4.69) is 0 Å². The zero-order chi connectivity index (χ0) is 13.0. The molecule has 1 saturated heterocycles. The summed E-state index contributed by atoms with van der Waals surface area (Å²) in [4.78, 5) is 1.89. The van der Waals surface area contributed by atoms with Gasteiger partial charge in [-0.15, -0.1) is 0 Å². The molecule has 0 aromatic heterocycles. The molecule has 0 aliphatic carbocycles. The van der Waals surface area contributed by atoms with Gasteiger partial charge in [0.15, 0.2) is 0 Å². The van der Waals surface area contributed by atoms with Crippen LogP contribution in [0, 0.1) is 11.7 Å². The summed E-state index contributed by atoms with van der Waals surface area (Å²) in [7, 11) is 1.87. The minimum atomic E-state index is -0.277. The molecule has 1 heterocycles. The number of halogens is 1. The lowest BCUT2D eigenvalue weighted by Crippen LogP contribution is -2.31. The van der Waals surface area contributed by atoms with Crippen LogP contribution < -0.4 is 4.90 Å². The smallest absolute Gasteiger partial charge is 0.146 e. The van der Waals surface area contributed by atoms with Crippen molar-refractivity contribution in [1.82, 2.24) is 0 Å². The van der Waals surface area contributed by atoms with Gasteiger partial charge in [0.1, 0.15) is 5.82 Å². The molecule has 0 radical (unpaired) electrons. The Hall–Kier alpha value is -1.13. The monoisotopic (exact) mass is 253 g/mol. The molecule has 1 aromatic rings. The van der Waals surface area contributed by atoms with Gasteiger partial charge in [0.05, 0.1) is 18.9 Å². The molecule has 0 spiro atoms. The summed E-state index contributed by atoms with van der Waals surface area (Å²) in [5, 5.41) is 9.28. The van der Waals surface area contributed by atoms with Gasteiger partial charge < -0.3 is 14.7 Å². The standard InChI is InChI=1S/C14H20FNO2/c1-16(8-11-4-3-7-18-10-11)14-12(9-17)5-2-6-13(14)15/h2,5-6,11,17H,3-4,7-10H2,1H3. The summed E-state index contributed by atoms with van der Waals surface area (Å²) < 4.78 is 19.3. The number of nitrogens with zero attached hydrogens (tertiary/aromatic N) is 1. The maximum atomic E-state index is 13.9. The lowest BCUT2D eigenvalue weighted by molar-refractivity contribution is 0.0576. The number of anilines is 1. The summed E-state index contributed by atoms with van der Waals surface area (Å²) >= 11 is 0. The molecule has 18 heavy (non-hydrogen) atoms. The van der Waals surface area contributed by atoms with E-state index in [1.54, 1.807) is 12.1 Å². The van der Waals surface area contributed by atoms with Crippen LogP contribution in [0.2, 0.25) is 0 Å². The van der Waals surface area contributed by atoms with E-state index in [-0.39, 0.29) is 12.4 Å². The summed E-state index contributed by atoms with van der Waals surface area (Å²) in [6.07, 6.45) is 2.19. The Bertz CT molecular complexity index is 391. The molecule has 100 valence electrons. The molecular formula is C14H20FNO2. The Kier molecular flexibility index (Phi) is 4.55. The summed E-state index contributed by atoms with van der Waals surface area (Å²) in [5.74, 6) is 0.163. The van der Waals surface area contributed by atoms with Crippen LogP contribution in [-0.2, 0) is 11.3 Å². The molecule has 1 atom stereocenters. The minimum absolute atomic E-state index is 0.140. The maximum Gasteiger partial charge on any atom is 0.146 e. The normalized spacial score (nSPS) is 19.8. The van der Waals surface area contributed by atoms with E-state index in [0.717, 1.165) is 32.6 Å². The van der Waals surface area contributed by atoms with Crippen LogP contribution >= 0.6 is 0 Å². The van der Waals surface area contributed by atoms with E-state index < -0.39 is 0 Å². The number of benzene rings is 1. The van der Waals surface area contributed by atoms with Gasteiger partial charge in [0, 0.05) is 25.8 Å². The fraction of sp³-hybridized carbons (Fsp3) is 0.571. The van der Waals surface area contributed by atoms with Gasteiger partial charge in [-0.3, -0.25) is 0 Å². The second-order valence-corrected chi connectivity index (χ2v) is 4.87. The average Bonchev–Trinajstić information content (AvgIpc) is 2.39. The van der Waals surface area contributed by atoms with Crippen molar-refractivity contribution < 1.29 is 14.2 Å². The molecule has 0 saturated carbocycles. The highest BCUT2D eigenvalue weighted by molar-refractivity contribution is 5.54. The van der Waals surface area contributed by atoms with Gasteiger partial charge in [0.2, 0.25) is 0 Å². The van der Waals surface area contributed by atoms with Crippen molar-refractivity contribution >= 4 is 5.69 Å². The third-order valence-corrected chi connectivity index (χ3v) is 3.41. The van der Waals surface area contributed by atoms with E-state index in [4.69, 9.17) is 4.74 Å². The van der Waals surface area contributed by atoms with Crippen molar-refractivity contribution in [1.29, 1.82) is 0 Å². The van der Waals surface area contributed by atoms with Crippen molar-refractivity contribution in [2.75, 3.05) is 31.7 Å². The van der Waals surface area contributed by atoms with Crippen LogP contribution in [0.15, 0.2) is 18.2 Å². The van der Waals surface area contributed by atoms with E-state index in [9.17, 15) is 9.50 Å². The van der Waals surface area contributed by atoms with Gasteiger partial charge in [-0.1, -0.05) is 12.1 Å². The second-order valence-electron chi connectivity index (χ2n) is 4.87. The number of hydrogen-bond donors (Lipinski definition) is 1. The largest absolute Gasteiger partial charge is 0.392 e. The second kappa shape index (κ2) is 6.16. The van der Waals surface area contributed by atoms with Crippen LogP contribution in [-0.4, -0.2) is 31.9 Å². The van der Waals surface area contributed by atoms with Gasteiger partial charge in [0.25, 0.3) is 0 Å². The van der Waals surface area contributed by atoms with Crippen LogP contribution in [0.5, 0.6) is 0 Å². The van der Waals surface area contributed by atoms with Crippen molar-refractivity contribution in [2.24, 2.45) is 5.92 Å².